The number of aliphatic hydroxyl groups is 1. The molecule has 1 aromatic carbocycles. The van der Waals surface area contributed by atoms with Crippen LogP contribution in [0.15, 0.2) is 40.6 Å². The van der Waals surface area contributed by atoms with E-state index in [2.05, 4.69) is 10.3 Å². The molecular formula is C19H24N2O3. The molecule has 24 heavy (non-hydrogen) atoms. The number of rotatable bonds is 5. The molecule has 0 atom stereocenters. The number of hydrogen-bond donors (Lipinski definition) is 2. The van der Waals surface area contributed by atoms with Crippen molar-refractivity contribution in [3.05, 3.63) is 41.2 Å². The summed E-state index contributed by atoms with van der Waals surface area (Å²) in [5.41, 5.74) is 1.86. The third-order valence-electron chi connectivity index (χ3n) is 4.10. The third kappa shape index (κ3) is 4.78. The number of aryl methyl sites for hydroxylation is 1. The number of nitrogens with zero attached hydrogens (tertiary/aromatic N) is 1. The van der Waals surface area contributed by atoms with Crippen molar-refractivity contribution in [2.75, 3.05) is 7.05 Å². The number of Topliss-reactive ketones (excluding diaryl/α,β-unsaturated/α-hetero) is 1. The van der Waals surface area contributed by atoms with Crippen molar-refractivity contribution in [1.29, 1.82) is 0 Å². The topological polar surface area (TPSA) is 78.8 Å². The molecule has 0 radical (unpaired) electrons. The number of ketones is 1. The van der Waals surface area contributed by atoms with E-state index in [1.165, 1.54) is 6.21 Å². The van der Waals surface area contributed by atoms with Crippen molar-refractivity contribution in [2.24, 2.45) is 10.4 Å². The van der Waals surface area contributed by atoms with E-state index < -0.39 is 0 Å². The van der Waals surface area contributed by atoms with E-state index in [-0.39, 0.29) is 22.9 Å². The maximum Gasteiger partial charge on any atom is 0.220 e. The van der Waals surface area contributed by atoms with Gasteiger partial charge >= 0.3 is 0 Å². The highest BCUT2D eigenvalue weighted by Crippen LogP contribution is 2.35. The molecule has 0 spiro atoms. The highest BCUT2D eigenvalue weighted by atomic mass is 16.3. The fourth-order valence-corrected chi connectivity index (χ4v) is 2.72. The van der Waals surface area contributed by atoms with Crippen LogP contribution in [0, 0.1) is 5.41 Å². The molecule has 0 saturated carbocycles. The summed E-state index contributed by atoms with van der Waals surface area (Å²) in [6, 6.07) is 7.50. The molecule has 2 N–H and O–H groups in total. The molecule has 0 bridgehead atoms. The molecule has 5 nitrogen and oxygen atoms in total. The Hall–Kier alpha value is -2.43. The summed E-state index contributed by atoms with van der Waals surface area (Å²) < 4.78 is 0. The van der Waals surface area contributed by atoms with Gasteiger partial charge in [0.15, 0.2) is 5.78 Å². The largest absolute Gasteiger partial charge is 0.511 e. The van der Waals surface area contributed by atoms with Gasteiger partial charge in [-0.05, 0) is 29.5 Å². The first-order valence-corrected chi connectivity index (χ1v) is 8.10. The van der Waals surface area contributed by atoms with Crippen LogP contribution in [0.25, 0.3) is 0 Å². The zero-order chi connectivity index (χ0) is 17.7. The zero-order valence-corrected chi connectivity index (χ0v) is 14.4. The lowest BCUT2D eigenvalue weighted by Gasteiger charge is -2.28. The number of hydrogen-bond acceptors (Lipinski definition) is 4. The number of aliphatic hydroxyl groups excluding tert-OH is 1. The molecule has 0 heterocycles. The van der Waals surface area contributed by atoms with Gasteiger partial charge in [-0.1, -0.05) is 26.0 Å². The Kier molecular flexibility index (Phi) is 5.54. The molecule has 0 unspecified atom stereocenters. The van der Waals surface area contributed by atoms with Gasteiger partial charge in [0.1, 0.15) is 5.76 Å². The number of carbonyl (C=O) groups excluding carboxylic acids is 2. The average molecular weight is 328 g/mol. The van der Waals surface area contributed by atoms with Crippen LogP contribution >= 0.6 is 0 Å². The minimum absolute atomic E-state index is 0.0123. The highest BCUT2D eigenvalue weighted by molar-refractivity contribution is 6.14. The summed E-state index contributed by atoms with van der Waals surface area (Å²) in [4.78, 5) is 27.7. The number of nitrogens with one attached hydrogen (secondary N) is 1. The van der Waals surface area contributed by atoms with Crippen LogP contribution in [0.3, 0.4) is 0 Å². The van der Waals surface area contributed by atoms with E-state index in [0.717, 1.165) is 5.56 Å². The van der Waals surface area contributed by atoms with Gasteiger partial charge in [0, 0.05) is 32.5 Å². The molecule has 2 rings (SSSR count). The highest BCUT2D eigenvalue weighted by Gasteiger charge is 2.32. The molecule has 0 fully saturated rings. The number of aliphatic imine (C=N–C) groups is 1. The zero-order valence-electron chi connectivity index (χ0n) is 14.4. The van der Waals surface area contributed by atoms with Gasteiger partial charge in [-0.15, -0.1) is 0 Å². The van der Waals surface area contributed by atoms with Gasteiger partial charge in [-0.3, -0.25) is 14.6 Å². The fraction of sp³-hybridized carbons (Fsp3) is 0.421. The maximum absolute atomic E-state index is 12.1. The van der Waals surface area contributed by atoms with E-state index in [9.17, 15) is 14.7 Å². The van der Waals surface area contributed by atoms with Crippen molar-refractivity contribution in [2.45, 2.75) is 39.5 Å². The van der Waals surface area contributed by atoms with E-state index in [1.54, 1.807) is 7.05 Å². The van der Waals surface area contributed by atoms with Crippen LogP contribution in [-0.2, 0) is 16.0 Å². The Morgan fingerprint density at radius 3 is 2.54 bits per heavy atom. The number of amides is 1. The summed E-state index contributed by atoms with van der Waals surface area (Å²) in [5.74, 6) is 0.0511. The van der Waals surface area contributed by atoms with Gasteiger partial charge in [0.05, 0.1) is 11.3 Å². The van der Waals surface area contributed by atoms with Crippen molar-refractivity contribution >= 4 is 23.6 Å². The van der Waals surface area contributed by atoms with E-state index >= 15 is 0 Å². The second-order valence-corrected chi connectivity index (χ2v) is 6.90. The van der Waals surface area contributed by atoms with Crippen LogP contribution < -0.4 is 5.32 Å². The molecule has 1 amide bonds. The lowest BCUT2D eigenvalue weighted by atomic mass is 9.77. The second-order valence-electron chi connectivity index (χ2n) is 6.90. The molecular weight excluding hydrogens is 304 g/mol. The van der Waals surface area contributed by atoms with Gasteiger partial charge in [0.25, 0.3) is 0 Å². The number of allylic oxidation sites excluding steroid dienone is 2. The normalized spacial score (nSPS) is 17.4. The first-order valence-electron chi connectivity index (χ1n) is 8.10. The monoisotopic (exact) mass is 328 g/mol. The average Bonchev–Trinajstić information content (AvgIpc) is 2.51. The molecule has 0 saturated heterocycles. The van der Waals surface area contributed by atoms with Gasteiger partial charge in [-0.25, -0.2) is 0 Å². The van der Waals surface area contributed by atoms with Crippen LogP contribution in [0.5, 0.6) is 0 Å². The molecule has 0 aliphatic heterocycles. The first kappa shape index (κ1) is 17.9. The summed E-state index contributed by atoms with van der Waals surface area (Å²) in [5, 5.41) is 12.7. The summed E-state index contributed by atoms with van der Waals surface area (Å²) in [6.07, 6.45) is 3.47. The Labute approximate surface area is 142 Å². The molecule has 128 valence electrons. The first-order chi connectivity index (χ1) is 11.3. The van der Waals surface area contributed by atoms with Gasteiger partial charge in [-0.2, -0.15) is 0 Å². The maximum atomic E-state index is 12.1. The van der Waals surface area contributed by atoms with Crippen molar-refractivity contribution < 1.29 is 14.7 Å². The fourth-order valence-electron chi connectivity index (χ4n) is 2.72. The quantitative estimate of drug-likeness (QED) is 0.814. The minimum Gasteiger partial charge on any atom is -0.511 e. The molecule has 1 aromatic rings. The van der Waals surface area contributed by atoms with Crippen molar-refractivity contribution in [3.8, 4) is 0 Å². The van der Waals surface area contributed by atoms with Crippen molar-refractivity contribution in [3.63, 3.8) is 0 Å². The van der Waals surface area contributed by atoms with E-state index in [0.29, 0.717) is 36.9 Å². The lowest BCUT2D eigenvalue weighted by Crippen LogP contribution is -2.26. The predicted molar refractivity (Wildman–Crippen MR) is 94.7 cm³/mol. The van der Waals surface area contributed by atoms with E-state index in [4.69, 9.17) is 0 Å². The predicted octanol–water partition coefficient (Wildman–Crippen LogP) is 3.27. The molecule has 1 aliphatic rings. The molecule has 5 heteroatoms. The summed E-state index contributed by atoms with van der Waals surface area (Å²) in [7, 11) is 1.62. The number of benzene rings is 1. The standard InChI is InChI=1S/C19H24N2O3/c1-19(2)10-16(22)15(17(23)11-19)12-21-14-7-4-13(5-8-14)6-9-18(24)20-3/h4-5,7-8,12,22H,6,9-11H2,1-3H3,(H,20,24). The third-order valence-corrected chi connectivity index (χ3v) is 4.10. The Morgan fingerprint density at radius 2 is 1.96 bits per heavy atom. The van der Waals surface area contributed by atoms with Crippen molar-refractivity contribution in [1.82, 2.24) is 5.32 Å². The van der Waals surface area contributed by atoms with Crippen LogP contribution in [0.4, 0.5) is 5.69 Å². The second kappa shape index (κ2) is 7.43. The van der Waals surface area contributed by atoms with Crippen LogP contribution in [0.1, 0.15) is 38.7 Å². The molecule has 0 aromatic heterocycles. The smallest absolute Gasteiger partial charge is 0.220 e. The van der Waals surface area contributed by atoms with Crippen LogP contribution in [0.2, 0.25) is 0 Å². The summed E-state index contributed by atoms with van der Waals surface area (Å²) >= 11 is 0. The Bertz CT molecular complexity index is 685. The SMILES string of the molecule is CNC(=O)CCc1ccc(N=CC2=C(O)CC(C)(C)CC2=O)cc1. The Morgan fingerprint density at radius 1 is 1.29 bits per heavy atom. The summed E-state index contributed by atoms with van der Waals surface area (Å²) in [6.45, 7) is 3.93. The minimum atomic E-state index is -0.203. The Balaban J connectivity index is 2.04. The van der Waals surface area contributed by atoms with Gasteiger partial charge < -0.3 is 10.4 Å². The molecule has 1 aliphatic carbocycles. The number of carbonyl (C=O) groups is 2. The lowest BCUT2D eigenvalue weighted by molar-refractivity contribution is -0.120. The van der Waals surface area contributed by atoms with Crippen LogP contribution in [-0.4, -0.2) is 30.1 Å². The van der Waals surface area contributed by atoms with E-state index in [1.807, 2.05) is 38.1 Å². The van der Waals surface area contributed by atoms with Gasteiger partial charge in [0.2, 0.25) is 5.91 Å².